The zero-order chi connectivity index (χ0) is 15.6. The summed E-state index contributed by atoms with van der Waals surface area (Å²) in [5.41, 5.74) is -5.03. The maximum Gasteiger partial charge on any atom is 0.448 e. The van der Waals surface area contributed by atoms with E-state index in [0.29, 0.717) is 7.11 Å². The summed E-state index contributed by atoms with van der Waals surface area (Å²) in [5.74, 6) is -4.87. The second kappa shape index (κ2) is 5.45. The van der Waals surface area contributed by atoms with Crippen molar-refractivity contribution in [3.8, 4) is 0 Å². The van der Waals surface area contributed by atoms with E-state index < -0.39 is 35.2 Å². The Kier molecular flexibility index (Phi) is 4.33. The van der Waals surface area contributed by atoms with Gasteiger partial charge in [-0.05, 0) is 12.1 Å². The molecule has 110 valence electrons. The molecule has 2 N–H and O–H groups in total. The maximum atomic E-state index is 13.3. The third-order valence-corrected chi connectivity index (χ3v) is 2.30. The number of methoxy groups -OCH3 is 1. The van der Waals surface area contributed by atoms with Gasteiger partial charge < -0.3 is 15.2 Å². The molecule has 0 aliphatic rings. The number of hydrogen-bond donors (Lipinski definition) is 2. The Morgan fingerprint density at radius 1 is 1.25 bits per heavy atom. The fourth-order valence-corrected chi connectivity index (χ4v) is 1.26. The fourth-order valence-electron chi connectivity index (χ4n) is 1.26. The number of rotatable bonds is 3. The summed E-state index contributed by atoms with van der Waals surface area (Å²) in [6, 6.07) is 4.13. The van der Waals surface area contributed by atoms with Crippen molar-refractivity contribution in [1.82, 2.24) is 5.32 Å². The van der Waals surface area contributed by atoms with Gasteiger partial charge in [-0.1, -0.05) is 12.1 Å². The van der Waals surface area contributed by atoms with E-state index in [0.717, 1.165) is 17.4 Å². The Balaban J connectivity index is 3.13. The molecule has 0 saturated carbocycles. The summed E-state index contributed by atoms with van der Waals surface area (Å²) in [4.78, 5) is 22.6. The first-order chi connectivity index (χ1) is 9.13. The first-order valence-electron chi connectivity index (χ1n) is 5.08. The van der Waals surface area contributed by atoms with Crippen molar-refractivity contribution in [3.05, 3.63) is 35.6 Å². The minimum Gasteiger partial charge on any atom is -0.465 e. The molecule has 0 bridgehead atoms. The lowest BCUT2D eigenvalue weighted by molar-refractivity contribution is -0.268. The summed E-state index contributed by atoms with van der Waals surface area (Å²) in [6.45, 7) is 0. The van der Waals surface area contributed by atoms with Gasteiger partial charge in [0, 0.05) is 0 Å². The zero-order valence-corrected chi connectivity index (χ0v) is 9.99. The first-order valence-corrected chi connectivity index (χ1v) is 5.08. The SMILES string of the molecule is COC(=O)C(O)(NC(=O)c1ccccc1F)C(F)(F)F. The molecule has 1 rings (SSSR count). The Morgan fingerprint density at radius 3 is 2.25 bits per heavy atom. The highest BCUT2D eigenvalue weighted by Crippen LogP contribution is 2.29. The minimum absolute atomic E-state index is 0.592. The number of amides is 1. The van der Waals surface area contributed by atoms with Crippen LogP contribution in [0.3, 0.4) is 0 Å². The van der Waals surface area contributed by atoms with Crippen LogP contribution >= 0.6 is 0 Å². The first kappa shape index (κ1) is 15.9. The van der Waals surface area contributed by atoms with E-state index in [2.05, 4.69) is 4.74 Å². The molecule has 20 heavy (non-hydrogen) atoms. The van der Waals surface area contributed by atoms with Crippen LogP contribution in [0.15, 0.2) is 24.3 Å². The second-order valence-electron chi connectivity index (χ2n) is 3.63. The number of esters is 1. The van der Waals surface area contributed by atoms with Gasteiger partial charge in [-0.2, -0.15) is 13.2 Å². The molecular weight excluding hydrogens is 286 g/mol. The number of halogens is 4. The highest BCUT2D eigenvalue weighted by molar-refractivity contribution is 5.98. The van der Waals surface area contributed by atoms with Gasteiger partial charge >= 0.3 is 17.9 Å². The Hall–Kier alpha value is -2.16. The third-order valence-electron chi connectivity index (χ3n) is 2.30. The predicted molar refractivity (Wildman–Crippen MR) is 56.9 cm³/mol. The topological polar surface area (TPSA) is 75.6 Å². The lowest BCUT2D eigenvalue weighted by Gasteiger charge is -2.28. The van der Waals surface area contributed by atoms with E-state index in [4.69, 9.17) is 0 Å². The van der Waals surface area contributed by atoms with Crippen LogP contribution in [-0.4, -0.2) is 36.0 Å². The van der Waals surface area contributed by atoms with Crippen molar-refractivity contribution >= 4 is 11.9 Å². The van der Waals surface area contributed by atoms with Gasteiger partial charge in [0.05, 0.1) is 12.7 Å². The van der Waals surface area contributed by atoms with E-state index >= 15 is 0 Å². The molecule has 1 unspecified atom stereocenters. The molecule has 0 saturated heterocycles. The number of carbonyl (C=O) groups is 2. The van der Waals surface area contributed by atoms with Crippen LogP contribution in [-0.2, 0) is 9.53 Å². The summed E-state index contributed by atoms with van der Waals surface area (Å²) in [5, 5.41) is 10.3. The summed E-state index contributed by atoms with van der Waals surface area (Å²) < 4.78 is 55.0. The van der Waals surface area contributed by atoms with Crippen LogP contribution < -0.4 is 5.32 Å². The fraction of sp³-hybridized carbons (Fsp3) is 0.273. The van der Waals surface area contributed by atoms with Crippen LogP contribution in [0.4, 0.5) is 17.6 Å². The van der Waals surface area contributed by atoms with Crippen molar-refractivity contribution in [1.29, 1.82) is 0 Å². The quantitative estimate of drug-likeness (QED) is 0.495. The molecule has 0 heterocycles. The average Bonchev–Trinajstić information content (AvgIpc) is 2.36. The number of carbonyl (C=O) groups excluding carboxylic acids is 2. The lowest BCUT2D eigenvalue weighted by atomic mass is 10.1. The third kappa shape index (κ3) is 2.87. The Bertz CT molecular complexity index is 531. The monoisotopic (exact) mass is 295 g/mol. The van der Waals surface area contributed by atoms with E-state index in [-0.39, 0.29) is 0 Å². The standard InChI is InChI=1S/C11H9F4NO4/c1-20-9(18)10(19,11(13,14)15)16-8(17)6-4-2-3-5-7(6)12/h2-5,19H,1H3,(H,16,17). The number of benzene rings is 1. The van der Waals surface area contributed by atoms with Crippen LogP contribution in [0.25, 0.3) is 0 Å². The molecule has 1 aromatic carbocycles. The molecule has 0 spiro atoms. The number of nitrogens with one attached hydrogen (secondary N) is 1. The molecule has 1 atom stereocenters. The second-order valence-corrected chi connectivity index (χ2v) is 3.63. The van der Waals surface area contributed by atoms with Gasteiger partial charge in [0.25, 0.3) is 5.91 Å². The van der Waals surface area contributed by atoms with Crippen LogP contribution in [0.1, 0.15) is 10.4 Å². The lowest BCUT2D eigenvalue weighted by Crippen LogP contribution is -2.64. The van der Waals surface area contributed by atoms with Gasteiger partial charge in [-0.25, -0.2) is 9.18 Å². The summed E-state index contributed by atoms with van der Waals surface area (Å²) in [7, 11) is 0.592. The summed E-state index contributed by atoms with van der Waals surface area (Å²) >= 11 is 0. The number of hydrogen-bond acceptors (Lipinski definition) is 4. The maximum absolute atomic E-state index is 13.3. The molecule has 0 aromatic heterocycles. The van der Waals surface area contributed by atoms with Crippen LogP contribution in [0, 0.1) is 5.82 Å². The normalized spacial score (nSPS) is 14.3. The molecule has 1 amide bonds. The van der Waals surface area contributed by atoms with Gasteiger partial charge in [0.15, 0.2) is 0 Å². The molecule has 0 fully saturated rings. The van der Waals surface area contributed by atoms with E-state index in [1.807, 2.05) is 0 Å². The van der Waals surface area contributed by atoms with Crippen LogP contribution in [0.5, 0.6) is 0 Å². The number of ether oxygens (including phenoxy) is 1. The molecule has 9 heteroatoms. The molecule has 0 aliphatic carbocycles. The van der Waals surface area contributed by atoms with Gasteiger partial charge in [-0.15, -0.1) is 0 Å². The molecule has 1 aromatic rings. The van der Waals surface area contributed by atoms with E-state index in [9.17, 15) is 32.3 Å². The Labute approximate surface area is 110 Å². The molecular formula is C11H9F4NO4. The van der Waals surface area contributed by atoms with Crippen molar-refractivity contribution in [2.24, 2.45) is 0 Å². The van der Waals surface area contributed by atoms with Crippen molar-refractivity contribution in [2.45, 2.75) is 11.9 Å². The molecule has 0 aliphatic heterocycles. The highest BCUT2D eigenvalue weighted by atomic mass is 19.4. The van der Waals surface area contributed by atoms with Crippen LogP contribution in [0.2, 0.25) is 0 Å². The van der Waals surface area contributed by atoms with Gasteiger partial charge in [0.1, 0.15) is 5.82 Å². The largest absolute Gasteiger partial charge is 0.465 e. The smallest absolute Gasteiger partial charge is 0.448 e. The predicted octanol–water partition coefficient (Wildman–Crippen LogP) is 0.979. The Morgan fingerprint density at radius 2 is 1.80 bits per heavy atom. The minimum atomic E-state index is -5.54. The highest BCUT2D eigenvalue weighted by Gasteiger charge is 2.62. The summed E-state index contributed by atoms with van der Waals surface area (Å²) in [6.07, 6.45) is -5.54. The zero-order valence-electron chi connectivity index (χ0n) is 9.99. The van der Waals surface area contributed by atoms with Crippen molar-refractivity contribution in [2.75, 3.05) is 7.11 Å². The van der Waals surface area contributed by atoms with Crippen molar-refractivity contribution in [3.63, 3.8) is 0 Å². The van der Waals surface area contributed by atoms with Gasteiger partial charge in [-0.3, -0.25) is 4.79 Å². The van der Waals surface area contributed by atoms with E-state index in [1.165, 1.54) is 12.1 Å². The number of alkyl halides is 3. The average molecular weight is 295 g/mol. The van der Waals surface area contributed by atoms with E-state index in [1.54, 1.807) is 0 Å². The van der Waals surface area contributed by atoms with Crippen molar-refractivity contribution < 1.29 is 37.0 Å². The molecule has 0 radical (unpaired) electrons. The molecule has 5 nitrogen and oxygen atoms in total. The van der Waals surface area contributed by atoms with Gasteiger partial charge in [0.2, 0.25) is 0 Å². The number of aliphatic hydroxyl groups is 1.